The molecule has 1 amide bonds. The molecular weight excluding hydrogens is 378 g/mol. The molecule has 7 heteroatoms. The quantitative estimate of drug-likeness (QED) is 0.631. The van der Waals surface area contributed by atoms with Gasteiger partial charge in [-0.1, -0.05) is 24.3 Å². The van der Waals surface area contributed by atoms with Gasteiger partial charge in [0.2, 0.25) is 0 Å². The van der Waals surface area contributed by atoms with Crippen molar-refractivity contribution in [1.82, 2.24) is 24.6 Å². The van der Waals surface area contributed by atoms with Crippen LogP contribution in [0.5, 0.6) is 0 Å². The van der Waals surface area contributed by atoms with Crippen LogP contribution in [0.2, 0.25) is 0 Å². The zero-order chi connectivity index (χ0) is 20.9. The summed E-state index contributed by atoms with van der Waals surface area (Å²) in [6.07, 6.45) is 3.17. The van der Waals surface area contributed by atoms with Gasteiger partial charge in [-0.05, 0) is 42.3 Å². The lowest BCUT2D eigenvalue weighted by Crippen LogP contribution is -2.35. The van der Waals surface area contributed by atoms with Crippen LogP contribution in [0.1, 0.15) is 34.5 Å². The maximum absolute atomic E-state index is 13.1. The van der Waals surface area contributed by atoms with E-state index in [1.807, 2.05) is 56.4 Å². The van der Waals surface area contributed by atoms with Gasteiger partial charge in [0.25, 0.3) is 5.91 Å². The van der Waals surface area contributed by atoms with Crippen molar-refractivity contribution in [3.05, 3.63) is 77.9 Å². The highest BCUT2D eigenvalue weighted by Gasteiger charge is 2.20. The third-order valence-electron chi connectivity index (χ3n) is 5.64. The molecule has 0 spiro atoms. The van der Waals surface area contributed by atoms with E-state index in [9.17, 15) is 4.79 Å². The molecule has 1 saturated heterocycles. The first kappa shape index (κ1) is 20.3. The van der Waals surface area contributed by atoms with Gasteiger partial charge >= 0.3 is 0 Å². The molecule has 0 bridgehead atoms. The van der Waals surface area contributed by atoms with E-state index in [4.69, 9.17) is 4.74 Å². The van der Waals surface area contributed by atoms with Crippen molar-refractivity contribution in [3.63, 3.8) is 0 Å². The fourth-order valence-corrected chi connectivity index (χ4v) is 3.67. The van der Waals surface area contributed by atoms with Crippen LogP contribution in [0.25, 0.3) is 5.69 Å². The molecule has 0 N–H and O–H groups in total. The Hall–Kier alpha value is -3.03. The zero-order valence-electron chi connectivity index (χ0n) is 17.4. The summed E-state index contributed by atoms with van der Waals surface area (Å²) in [5.41, 5.74) is 3.88. The number of benzene rings is 2. The average Bonchev–Trinajstić information content (AvgIpc) is 3.34. The van der Waals surface area contributed by atoms with Crippen LogP contribution >= 0.6 is 0 Å². The molecule has 7 nitrogen and oxygen atoms in total. The Balaban J connectivity index is 1.44. The van der Waals surface area contributed by atoms with E-state index in [1.54, 1.807) is 15.9 Å². The second-order valence-corrected chi connectivity index (χ2v) is 7.61. The largest absolute Gasteiger partial charge is 0.379 e. The summed E-state index contributed by atoms with van der Waals surface area (Å²) < 4.78 is 7.13. The fourth-order valence-electron chi connectivity index (χ4n) is 3.67. The number of hydrogen-bond acceptors (Lipinski definition) is 5. The zero-order valence-corrected chi connectivity index (χ0v) is 17.4. The van der Waals surface area contributed by atoms with Crippen molar-refractivity contribution in [3.8, 4) is 5.69 Å². The van der Waals surface area contributed by atoms with Crippen molar-refractivity contribution in [2.75, 3.05) is 33.4 Å². The number of nitrogens with zero attached hydrogens (tertiary/aromatic N) is 5. The average molecular weight is 406 g/mol. The topological polar surface area (TPSA) is 63.5 Å². The summed E-state index contributed by atoms with van der Waals surface area (Å²) in [5.74, 6) is 0.0201. The van der Waals surface area contributed by atoms with Crippen LogP contribution in [0.15, 0.2) is 61.2 Å². The highest BCUT2D eigenvalue weighted by molar-refractivity contribution is 5.94. The number of carbonyl (C=O) groups excluding carboxylic acids is 1. The number of rotatable bonds is 6. The molecule has 0 radical (unpaired) electrons. The summed E-state index contributed by atoms with van der Waals surface area (Å²) in [6.45, 7) is 6.29. The van der Waals surface area contributed by atoms with Gasteiger partial charge in [-0.25, -0.2) is 9.67 Å². The van der Waals surface area contributed by atoms with Crippen molar-refractivity contribution in [1.29, 1.82) is 0 Å². The Morgan fingerprint density at radius 1 is 1.17 bits per heavy atom. The lowest BCUT2D eigenvalue weighted by Gasteiger charge is -2.27. The lowest BCUT2D eigenvalue weighted by molar-refractivity contribution is 0.0341. The third kappa shape index (κ3) is 4.58. The Morgan fingerprint density at radius 3 is 2.63 bits per heavy atom. The monoisotopic (exact) mass is 405 g/mol. The number of morpholine rings is 1. The highest BCUT2D eigenvalue weighted by atomic mass is 16.5. The van der Waals surface area contributed by atoms with Gasteiger partial charge in [-0.2, -0.15) is 5.10 Å². The Morgan fingerprint density at radius 2 is 1.93 bits per heavy atom. The third-order valence-corrected chi connectivity index (χ3v) is 5.64. The van der Waals surface area contributed by atoms with Crippen LogP contribution in [0, 0.1) is 0 Å². The Labute approximate surface area is 176 Å². The minimum absolute atomic E-state index is 0.0201. The Bertz CT molecular complexity index is 966. The van der Waals surface area contributed by atoms with Crippen molar-refractivity contribution < 1.29 is 9.53 Å². The molecule has 1 fully saturated rings. The normalized spacial score (nSPS) is 15.7. The first-order chi connectivity index (χ1) is 14.6. The first-order valence-corrected chi connectivity index (χ1v) is 10.2. The standard InChI is InChI=1S/C23H27N5O2/c1-18(20-6-8-22(9-7-20)28-17-24-16-25-28)26(2)23(29)21-5-3-4-19(14-21)15-27-10-12-30-13-11-27/h3-9,14,16-18H,10-13,15H2,1-2H3. The van der Waals surface area contributed by atoms with E-state index >= 15 is 0 Å². The minimum Gasteiger partial charge on any atom is -0.379 e. The molecule has 1 aliphatic rings. The van der Waals surface area contributed by atoms with E-state index in [0.29, 0.717) is 5.56 Å². The summed E-state index contributed by atoms with van der Waals surface area (Å²) in [6, 6.07) is 15.9. The van der Waals surface area contributed by atoms with E-state index in [1.165, 1.54) is 6.33 Å². The predicted molar refractivity (Wildman–Crippen MR) is 114 cm³/mol. The summed E-state index contributed by atoms with van der Waals surface area (Å²) in [7, 11) is 1.85. The maximum atomic E-state index is 13.1. The van der Waals surface area contributed by atoms with Gasteiger partial charge in [0.05, 0.1) is 24.9 Å². The van der Waals surface area contributed by atoms with Gasteiger partial charge in [0.1, 0.15) is 12.7 Å². The second-order valence-electron chi connectivity index (χ2n) is 7.61. The molecule has 4 rings (SSSR count). The van der Waals surface area contributed by atoms with Crippen molar-refractivity contribution >= 4 is 5.91 Å². The fraction of sp³-hybridized carbons (Fsp3) is 0.348. The number of amides is 1. The second kappa shape index (κ2) is 9.19. The SMILES string of the molecule is CC(c1ccc(-n2cncn2)cc1)N(C)C(=O)c1cccc(CN2CCOCC2)c1. The van der Waals surface area contributed by atoms with E-state index < -0.39 is 0 Å². The molecular formula is C23H27N5O2. The molecule has 2 heterocycles. The molecule has 0 saturated carbocycles. The van der Waals surface area contributed by atoms with Crippen molar-refractivity contribution in [2.45, 2.75) is 19.5 Å². The molecule has 1 aromatic heterocycles. The van der Waals surface area contributed by atoms with E-state index in [2.05, 4.69) is 21.0 Å². The summed E-state index contributed by atoms with van der Waals surface area (Å²) >= 11 is 0. The molecule has 2 aromatic carbocycles. The van der Waals surface area contributed by atoms with Gasteiger partial charge in [0.15, 0.2) is 0 Å². The van der Waals surface area contributed by atoms with Crippen LogP contribution in [-0.4, -0.2) is 63.8 Å². The highest BCUT2D eigenvalue weighted by Crippen LogP contribution is 2.22. The minimum atomic E-state index is -0.0507. The predicted octanol–water partition coefficient (Wildman–Crippen LogP) is 2.93. The number of hydrogen-bond donors (Lipinski definition) is 0. The smallest absolute Gasteiger partial charge is 0.254 e. The summed E-state index contributed by atoms with van der Waals surface area (Å²) in [5, 5.41) is 4.14. The number of carbonyl (C=O) groups is 1. The molecule has 30 heavy (non-hydrogen) atoms. The van der Waals surface area contributed by atoms with Gasteiger partial charge in [0, 0.05) is 32.2 Å². The molecule has 3 aromatic rings. The first-order valence-electron chi connectivity index (χ1n) is 10.2. The number of ether oxygens (including phenoxy) is 1. The maximum Gasteiger partial charge on any atom is 0.254 e. The number of aromatic nitrogens is 3. The van der Waals surface area contributed by atoms with Gasteiger partial charge in [-0.15, -0.1) is 0 Å². The molecule has 1 unspecified atom stereocenters. The Kier molecular flexibility index (Phi) is 6.21. The van der Waals surface area contributed by atoms with E-state index in [-0.39, 0.29) is 11.9 Å². The summed E-state index contributed by atoms with van der Waals surface area (Å²) in [4.78, 5) is 21.2. The van der Waals surface area contributed by atoms with Gasteiger partial charge < -0.3 is 9.64 Å². The van der Waals surface area contributed by atoms with Crippen LogP contribution in [-0.2, 0) is 11.3 Å². The molecule has 0 aliphatic carbocycles. The van der Waals surface area contributed by atoms with Crippen LogP contribution in [0.3, 0.4) is 0 Å². The van der Waals surface area contributed by atoms with Crippen molar-refractivity contribution in [2.24, 2.45) is 0 Å². The molecule has 1 aliphatic heterocycles. The van der Waals surface area contributed by atoms with Crippen LogP contribution in [0.4, 0.5) is 0 Å². The molecule has 156 valence electrons. The lowest BCUT2D eigenvalue weighted by atomic mass is 10.0. The van der Waals surface area contributed by atoms with Gasteiger partial charge in [-0.3, -0.25) is 9.69 Å². The molecule has 1 atom stereocenters. The van der Waals surface area contributed by atoms with Crippen LogP contribution < -0.4 is 0 Å². The van der Waals surface area contributed by atoms with E-state index in [0.717, 1.165) is 49.7 Å².